The van der Waals surface area contributed by atoms with E-state index in [1.165, 1.54) is 0 Å². The second-order valence-electron chi connectivity index (χ2n) is 5.68. The SMILES string of the molecule is CCc1noc(CN2CCC[C@@H]2C(=O)OCc2ccccc2)n1. The summed E-state index contributed by atoms with van der Waals surface area (Å²) >= 11 is 0. The molecule has 1 aliphatic rings. The quantitative estimate of drug-likeness (QED) is 0.762. The first-order valence-corrected chi connectivity index (χ1v) is 8.02. The fourth-order valence-electron chi connectivity index (χ4n) is 2.78. The molecule has 1 saturated heterocycles. The van der Waals surface area contributed by atoms with Gasteiger partial charge in [0, 0.05) is 6.42 Å². The number of benzene rings is 1. The highest BCUT2D eigenvalue weighted by Crippen LogP contribution is 2.21. The lowest BCUT2D eigenvalue weighted by atomic mass is 10.2. The van der Waals surface area contributed by atoms with Crippen LogP contribution in [0.1, 0.15) is 37.0 Å². The highest BCUT2D eigenvalue weighted by molar-refractivity contribution is 5.76. The van der Waals surface area contributed by atoms with E-state index in [-0.39, 0.29) is 12.0 Å². The van der Waals surface area contributed by atoms with E-state index in [0.717, 1.165) is 31.4 Å². The molecule has 0 amide bonds. The molecule has 1 aliphatic heterocycles. The molecule has 3 rings (SSSR count). The van der Waals surface area contributed by atoms with Crippen LogP contribution in [0, 0.1) is 0 Å². The zero-order valence-corrected chi connectivity index (χ0v) is 13.3. The maximum absolute atomic E-state index is 12.4. The first-order chi connectivity index (χ1) is 11.3. The molecule has 0 saturated carbocycles. The van der Waals surface area contributed by atoms with Crippen molar-refractivity contribution in [2.75, 3.05) is 6.54 Å². The smallest absolute Gasteiger partial charge is 0.323 e. The van der Waals surface area contributed by atoms with E-state index in [4.69, 9.17) is 9.26 Å². The fourth-order valence-corrected chi connectivity index (χ4v) is 2.78. The third-order valence-corrected chi connectivity index (χ3v) is 4.02. The molecule has 1 fully saturated rings. The molecule has 1 aromatic heterocycles. The van der Waals surface area contributed by atoms with Crippen LogP contribution >= 0.6 is 0 Å². The van der Waals surface area contributed by atoms with Crippen molar-refractivity contribution in [1.29, 1.82) is 0 Å². The number of likely N-dealkylation sites (tertiary alicyclic amines) is 1. The van der Waals surface area contributed by atoms with E-state index < -0.39 is 0 Å². The molecule has 0 spiro atoms. The Morgan fingerprint density at radius 3 is 2.96 bits per heavy atom. The number of rotatable bonds is 6. The van der Waals surface area contributed by atoms with Gasteiger partial charge in [-0.2, -0.15) is 4.98 Å². The zero-order valence-electron chi connectivity index (χ0n) is 13.3. The first kappa shape index (κ1) is 15.7. The minimum Gasteiger partial charge on any atom is -0.460 e. The molecule has 2 aromatic rings. The molecule has 1 atom stereocenters. The molecule has 0 N–H and O–H groups in total. The van der Waals surface area contributed by atoms with Crippen LogP contribution < -0.4 is 0 Å². The van der Waals surface area contributed by atoms with Crippen LogP contribution in [0.25, 0.3) is 0 Å². The maximum atomic E-state index is 12.4. The van der Waals surface area contributed by atoms with E-state index >= 15 is 0 Å². The number of esters is 1. The number of hydrogen-bond acceptors (Lipinski definition) is 6. The molecular weight excluding hydrogens is 294 g/mol. The average molecular weight is 315 g/mol. The van der Waals surface area contributed by atoms with Gasteiger partial charge in [0.15, 0.2) is 5.82 Å². The third-order valence-electron chi connectivity index (χ3n) is 4.02. The van der Waals surface area contributed by atoms with Gasteiger partial charge in [-0.15, -0.1) is 0 Å². The van der Waals surface area contributed by atoms with Gasteiger partial charge >= 0.3 is 5.97 Å². The van der Waals surface area contributed by atoms with Gasteiger partial charge in [0.25, 0.3) is 0 Å². The lowest BCUT2D eigenvalue weighted by Gasteiger charge is -2.21. The van der Waals surface area contributed by atoms with Crippen LogP contribution in [0.4, 0.5) is 0 Å². The minimum atomic E-state index is -0.226. The Morgan fingerprint density at radius 2 is 2.22 bits per heavy atom. The van der Waals surface area contributed by atoms with Crippen molar-refractivity contribution in [1.82, 2.24) is 15.0 Å². The Bertz CT molecular complexity index is 642. The van der Waals surface area contributed by atoms with Gasteiger partial charge in [0.1, 0.15) is 12.6 Å². The van der Waals surface area contributed by atoms with Crippen molar-refractivity contribution in [3.05, 3.63) is 47.6 Å². The Hall–Kier alpha value is -2.21. The van der Waals surface area contributed by atoms with Gasteiger partial charge < -0.3 is 9.26 Å². The maximum Gasteiger partial charge on any atom is 0.323 e. The molecule has 6 heteroatoms. The Morgan fingerprint density at radius 1 is 1.39 bits per heavy atom. The van der Waals surface area contributed by atoms with Crippen molar-refractivity contribution in [2.24, 2.45) is 0 Å². The average Bonchev–Trinajstić information content (AvgIpc) is 3.23. The first-order valence-electron chi connectivity index (χ1n) is 8.02. The fraction of sp³-hybridized carbons (Fsp3) is 0.471. The van der Waals surface area contributed by atoms with Gasteiger partial charge in [-0.1, -0.05) is 42.4 Å². The second-order valence-corrected chi connectivity index (χ2v) is 5.68. The third kappa shape index (κ3) is 3.96. The molecule has 0 aliphatic carbocycles. The topological polar surface area (TPSA) is 68.5 Å². The van der Waals surface area contributed by atoms with Crippen LogP contribution in [-0.4, -0.2) is 33.6 Å². The normalized spacial score (nSPS) is 18.2. The number of carbonyl (C=O) groups is 1. The van der Waals surface area contributed by atoms with Crippen LogP contribution in [-0.2, 0) is 29.1 Å². The van der Waals surface area contributed by atoms with Crippen LogP contribution in [0.15, 0.2) is 34.9 Å². The molecular formula is C17H21N3O3. The standard InChI is InChI=1S/C17H21N3O3/c1-2-15-18-16(23-19-15)11-20-10-6-9-14(20)17(21)22-12-13-7-4-3-5-8-13/h3-5,7-8,14H,2,6,9-12H2,1H3/t14-/m1/s1. The minimum absolute atomic E-state index is 0.179. The molecule has 0 radical (unpaired) electrons. The van der Waals surface area contributed by atoms with Gasteiger partial charge in [-0.25, -0.2) is 0 Å². The Balaban J connectivity index is 1.56. The summed E-state index contributed by atoms with van der Waals surface area (Å²) in [4.78, 5) is 18.7. The van der Waals surface area contributed by atoms with Crippen LogP contribution in [0.5, 0.6) is 0 Å². The molecule has 2 heterocycles. The second kappa shape index (κ2) is 7.37. The molecule has 0 unspecified atom stereocenters. The number of carbonyl (C=O) groups excluding carboxylic acids is 1. The van der Waals surface area contributed by atoms with Crippen molar-refractivity contribution in [3.8, 4) is 0 Å². The predicted octanol–water partition coefficient (Wildman–Crippen LogP) is 2.34. The van der Waals surface area contributed by atoms with Gasteiger partial charge in [-0.3, -0.25) is 9.69 Å². The van der Waals surface area contributed by atoms with E-state index in [1.54, 1.807) is 0 Å². The van der Waals surface area contributed by atoms with Crippen molar-refractivity contribution >= 4 is 5.97 Å². The number of nitrogens with zero attached hydrogens (tertiary/aromatic N) is 3. The number of hydrogen-bond donors (Lipinski definition) is 0. The summed E-state index contributed by atoms with van der Waals surface area (Å²) in [5, 5.41) is 3.89. The molecule has 122 valence electrons. The number of ether oxygens (including phenoxy) is 1. The molecule has 1 aromatic carbocycles. The molecule has 6 nitrogen and oxygen atoms in total. The summed E-state index contributed by atoms with van der Waals surface area (Å²) in [6.45, 7) is 3.63. The summed E-state index contributed by atoms with van der Waals surface area (Å²) in [7, 11) is 0. The summed E-state index contributed by atoms with van der Waals surface area (Å²) in [5.74, 6) is 1.08. The summed E-state index contributed by atoms with van der Waals surface area (Å²) < 4.78 is 10.7. The number of aromatic nitrogens is 2. The van der Waals surface area contributed by atoms with Gasteiger partial charge in [0.2, 0.25) is 5.89 Å². The molecule has 0 bridgehead atoms. The molecule has 23 heavy (non-hydrogen) atoms. The van der Waals surface area contributed by atoms with Crippen LogP contribution in [0.2, 0.25) is 0 Å². The zero-order chi connectivity index (χ0) is 16.1. The van der Waals surface area contributed by atoms with Crippen LogP contribution in [0.3, 0.4) is 0 Å². The van der Waals surface area contributed by atoms with Gasteiger partial charge in [-0.05, 0) is 24.9 Å². The Labute approximate surface area is 135 Å². The van der Waals surface area contributed by atoms with Crippen molar-refractivity contribution in [2.45, 2.75) is 45.4 Å². The van der Waals surface area contributed by atoms with Crippen molar-refractivity contribution < 1.29 is 14.1 Å². The Kier molecular flexibility index (Phi) is 5.02. The van der Waals surface area contributed by atoms with E-state index in [0.29, 0.717) is 24.9 Å². The monoisotopic (exact) mass is 315 g/mol. The van der Waals surface area contributed by atoms with E-state index in [9.17, 15) is 4.79 Å². The highest BCUT2D eigenvalue weighted by atomic mass is 16.5. The van der Waals surface area contributed by atoms with Crippen molar-refractivity contribution in [3.63, 3.8) is 0 Å². The lowest BCUT2D eigenvalue weighted by Crippen LogP contribution is -2.36. The van der Waals surface area contributed by atoms with E-state index in [2.05, 4.69) is 15.0 Å². The summed E-state index contributed by atoms with van der Waals surface area (Å²) in [5.41, 5.74) is 0.995. The lowest BCUT2D eigenvalue weighted by molar-refractivity contribution is -0.150. The van der Waals surface area contributed by atoms with E-state index in [1.807, 2.05) is 37.3 Å². The predicted molar refractivity (Wildman–Crippen MR) is 83.3 cm³/mol. The summed E-state index contributed by atoms with van der Waals surface area (Å²) in [6, 6.07) is 9.49. The highest BCUT2D eigenvalue weighted by Gasteiger charge is 2.33. The largest absolute Gasteiger partial charge is 0.460 e. The van der Waals surface area contributed by atoms with Gasteiger partial charge in [0.05, 0.1) is 6.54 Å². The number of aryl methyl sites for hydroxylation is 1. The summed E-state index contributed by atoms with van der Waals surface area (Å²) in [6.07, 6.45) is 2.52.